The van der Waals surface area contributed by atoms with Crippen LogP contribution in [0.4, 0.5) is 0 Å². The molecule has 0 amide bonds. The topological polar surface area (TPSA) is 37.3 Å². The lowest BCUT2D eigenvalue weighted by atomic mass is 9.75. The molecule has 0 aliphatic heterocycles. The van der Waals surface area contributed by atoms with Gasteiger partial charge >= 0.3 is 0 Å². The normalized spacial score (nSPS) is 71.7. The maximum absolute atomic E-state index is 13.2. The maximum Gasteiger partial charge on any atom is 0.139 e. The van der Waals surface area contributed by atoms with Gasteiger partial charge in [-0.1, -0.05) is 6.42 Å². The quantitative estimate of drug-likeness (QED) is 0.808. The minimum atomic E-state index is 0.442. The predicted octanol–water partition coefficient (Wildman–Crippen LogP) is 2.60. The van der Waals surface area contributed by atoms with Crippen LogP contribution >= 0.6 is 0 Å². The summed E-state index contributed by atoms with van der Waals surface area (Å²) in [4.78, 5) is 13.2. The fourth-order valence-electron chi connectivity index (χ4n) is 10.6. The molecule has 13 atom stereocenters. The molecular weight excluding hydrogens is 272 g/mol. The number of aliphatic hydroxyl groups excluding tert-OH is 1. The van der Waals surface area contributed by atoms with E-state index in [4.69, 9.17) is 0 Å². The van der Waals surface area contributed by atoms with Crippen LogP contribution in [-0.4, -0.2) is 17.5 Å². The summed E-state index contributed by atoms with van der Waals surface area (Å²) in [5.74, 6) is 10.4. The molecule has 7 fully saturated rings. The van der Waals surface area contributed by atoms with Crippen molar-refractivity contribution in [1.82, 2.24) is 0 Å². The lowest BCUT2D eigenvalue weighted by Crippen LogP contribution is -2.29. The Morgan fingerprint density at radius 2 is 1.50 bits per heavy atom. The molecule has 2 nitrogen and oxygen atoms in total. The fraction of sp³-hybridized carbons (Fsp3) is 0.950. The number of carbonyl (C=O) groups excluding carboxylic acids is 1. The second kappa shape index (κ2) is 3.50. The third kappa shape index (κ3) is 0.951. The van der Waals surface area contributed by atoms with Gasteiger partial charge in [0.05, 0.1) is 0 Å². The largest absolute Gasteiger partial charge is 0.396 e. The molecule has 7 rings (SSSR count). The van der Waals surface area contributed by atoms with Crippen molar-refractivity contribution in [1.29, 1.82) is 0 Å². The molecule has 22 heavy (non-hydrogen) atoms. The Morgan fingerprint density at radius 1 is 0.773 bits per heavy atom. The third-order valence-electron chi connectivity index (χ3n) is 10.3. The van der Waals surface area contributed by atoms with E-state index in [1.807, 2.05) is 0 Å². The minimum Gasteiger partial charge on any atom is -0.396 e. The Kier molecular flexibility index (Phi) is 1.92. The number of hydrogen-bond acceptors (Lipinski definition) is 2. The Hall–Kier alpha value is -0.370. The zero-order chi connectivity index (χ0) is 14.3. The smallest absolute Gasteiger partial charge is 0.139 e. The summed E-state index contributed by atoms with van der Waals surface area (Å²) in [6.45, 7) is 0.442. The van der Waals surface area contributed by atoms with E-state index in [1.165, 1.54) is 32.1 Å². The van der Waals surface area contributed by atoms with E-state index in [1.54, 1.807) is 0 Å². The van der Waals surface area contributed by atoms with Gasteiger partial charge in [0, 0.05) is 18.4 Å². The van der Waals surface area contributed by atoms with Crippen molar-refractivity contribution >= 4 is 5.78 Å². The Balaban J connectivity index is 1.47. The minimum absolute atomic E-state index is 0.442. The lowest BCUT2D eigenvalue weighted by Gasteiger charge is -2.31. The molecule has 7 aliphatic carbocycles. The third-order valence-corrected chi connectivity index (χ3v) is 10.3. The highest BCUT2D eigenvalue weighted by atomic mass is 16.3. The molecule has 0 aromatic carbocycles. The van der Waals surface area contributed by atoms with Crippen molar-refractivity contribution in [3.8, 4) is 0 Å². The number of Topliss-reactive ketones (excluding diaryl/α,β-unsaturated/α-hetero) is 1. The maximum atomic E-state index is 13.2. The highest BCUT2D eigenvalue weighted by Gasteiger charge is 2.80. The first-order valence-electron chi connectivity index (χ1n) is 9.97. The lowest BCUT2D eigenvalue weighted by molar-refractivity contribution is -0.126. The molecule has 7 aliphatic rings. The zero-order valence-electron chi connectivity index (χ0n) is 13.1. The predicted molar refractivity (Wildman–Crippen MR) is 80.5 cm³/mol. The Labute approximate surface area is 132 Å². The number of fused-ring (bicyclic) bond motifs is 5. The van der Waals surface area contributed by atoms with Gasteiger partial charge < -0.3 is 5.11 Å². The van der Waals surface area contributed by atoms with Gasteiger partial charge in [0.2, 0.25) is 0 Å². The monoisotopic (exact) mass is 298 g/mol. The van der Waals surface area contributed by atoms with Crippen LogP contribution in [0.3, 0.4) is 0 Å². The molecular formula is C20H26O2. The molecule has 0 saturated heterocycles. The van der Waals surface area contributed by atoms with Crippen LogP contribution in [0, 0.1) is 76.9 Å². The summed E-state index contributed by atoms with van der Waals surface area (Å²) >= 11 is 0. The van der Waals surface area contributed by atoms with Crippen molar-refractivity contribution < 1.29 is 9.90 Å². The van der Waals surface area contributed by atoms with Crippen LogP contribution in [0.1, 0.15) is 32.1 Å². The van der Waals surface area contributed by atoms with Gasteiger partial charge in [-0.25, -0.2) is 0 Å². The molecule has 0 heterocycles. The second-order valence-electron chi connectivity index (χ2n) is 9.92. The fourth-order valence-corrected chi connectivity index (χ4v) is 10.6. The van der Waals surface area contributed by atoms with Crippen molar-refractivity contribution in [3.05, 3.63) is 0 Å². The number of ketones is 1. The average molecular weight is 298 g/mol. The van der Waals surface area contributed by atoms with Gasteiger partial charge in [0.1, 0.15) is 5.78 Å². The van der Waals surface area contributed by atoms with E-state index < -0.39 is 0 Å². The molecule has 2 heteroatoms. The van der Waals surface area contributed by atoms with Crippen molar-refractivity contribution in [3.63, 3.8) is 0 Å². The standard InChI is InChI=1S/C20H26O2/c21-6-11-12-7-2-1-3-8(7)15-16(12)17-14(11)9-4-5-10-13(9)18(17)19(15)20(10)22/h7-19,21H,1-6H2/t7-,8+,9+,10+,11+,12-,13-,14-,15+,16-,17+,18-,19-/m0/s1. The first-order chi connectivity index (χ1) is 10.8. The van der Waals surface area contributed by atoms with Crippen LogP contribution in [0.25, 0.3) is 0 Å². The van der Waals surface area contributed by atoms with E-state index >= 15 is 0 Å². The molecule has 0 bridgehead atoms. The highest BCUT2D eigenvalue weighted by Crippen LogP contribution is 2.82. The highest BCUT2D eigenvalue weighted by molar-refractivity contribution is 5.88. The summed E-state index contributed by atoms with van der Waals surface area (Å²) in [7, 11) is 0. The Morgan fingerprint density at radius 3 is 2.32 bits per heavy atom. The first kappa shape index (κ1) is 12.1. The van der Waals surface area contributed by atoms with Crippen molar-refractivity contribution in [2.75, 3.05) is 6.61 Å². The van der Waals surface area contributed by atoms with Crippen molar-refractivity contribution in [2.45, 2.75) is 32.1 Å². The van der Waals surface area contributed by atoms with Crippen molar-refractivity contribution in [2.24, 2.45) is 76.9 Å². The van der Waals surface area contributed by atoms with Gasteiger partial charge in [-0.15, -0.1) is 0 Å². The summed E-state index contributed by atoms with van der Waals surface area (Å²) in [6, 6.07) is 0. The SMILES string of the molecule is O=C1[C@@H]2[C@@H]3[C@@H]4[C@H]([C@H](CO)[C@@H]5[C@H]6CCC[C@H]6[C@@H]2[C@H]54)[C@@H]2CC[C@@H]1[C@H]23. The molecule has 0 unspecified atom stereocenters. The molecule has 0 radical (unpaired) electrons. The summed E-state index contributed by atoms with van der Waals surface area (Å²) < 4.78 is 0. The first-order valence-corrected chi connectivity index (χ1v) is 9.97. The average Bonchev–Trinajstić information content (AvgIpc) is 3.26. The molecule has 0 aromatic heterocycles. The molecule has 0 spiro atoms. The molecule has 1 N–H and O–H groups in total. The summed E-state index contributed by atoms with van der Waals surface area (Å²) in [5, 5.41) is 10.3. The van der Waals surface area contributed by atoms with Crippen LogP contribution in [0.2, 0.25) is 0 Å². The van der Waals surface area contributed by atoms with Crippen LogP contribution < -0.4 is 0 Å². The Bertz CT molecular complexity index is 578. The summed E-state index contributed by atoms with van der Waals surface area (Å²) in [5.41, 5.74) is 0. The number of rotatable bonds is 1. The van der Waals surface area contributed by atoms with Gasteiger partial charge in [-0.2, -0.15) is 0 Å². The van der Waals surface area contributed by atoms with E-state index in [0.29, 0.717) is 24.4 Å². The van der Waals surface area contributed by atoms with E-state index in [9.17, 15) is 9.90 Å². The molecule has 118 valence electrons. The van der Waals surface area contributed by atoms with E-state index in [2.05, 4.69) is 0 Å². The zero-order valence-corrected chi connectivity index (χ0v) is 13.1. The van der Waals surface area contributed by atoms with Gasteiger partial charge in [0.15, 0.2) is 0 Å². The number of carbonyl (C=O) groups is 1. The van der Waals surface area contributed by atoms with Gasteiger partial charge in [-0.3, -0.25) is 4.79 Å². The van der Waals surface area contributed by atoms with Gasteiger partial charge in [0.25, 0.3) is 0 Å². The van der Waals surface area contributed by atoms with E-state index in [-0.39, 0.29) is 0 Å². The van der Waals surface area contributed by atoms with Crippen LogP contribution in [0.15, 0.2) is 0 Å². The van der Waals surface area contributed by atoms with Crippen LogP contribution in [-0.2, 0) is 4.79 Å². The molecule has 0 aromatic rings. The van der Waals surface area contributed by atoms with E-state index in [0.717, 1.165) is 65.0 Å². The summed E-state index contributed by atoms with van der Waals surface area (Å²) in [6.07, 6.45) is 6.69. The molecule has 7 saturated carbocycles. The second-order valence-corrected chi connectivity index (χ2v) is 9.92. The van der Waals surface area contributed by atoms with Crippen LogP contribution in [0.5, 0.6) is 0 Å². The van der Waals surface area contributed by atoms with Gasteiger partial charge in [-0.05, 0) is 90.8 Å². The number of aliphatic hydroxyl groups is 1. The number of hydrogen-bond donors (Lipinski definition) is 1.